The fraction of sp³-hybridized carbons (Fsp3) is 0.750. The Balaban J connectivity index is 2.23. The van der Waals surface area contributed by atoms with Crippen LogP contribution in [0.15, 0.2) is 0 Å². The number of hydrogen-bond donors (Lipinski definition) is 2. The average Bonchev–Trinajstić information content (AvgIpc) is 2.44. The SMILES string of the molecule is C[C@@H]1NC(=O)[C@@H]2CC(O)CN2C1=O. The topological polar surface area (TPSA) is 69.6 Å². The molecule has 13 heavy (non-hydrogen) atoms. The smallest absolute Gasteiger partial charge is 0.245 e. The van der Waals surface area contributed by atoms with Gasteiger partial charge in [0.2, 0.25) is 11.8 Å². The molecule has 5 nitrogen and oxygen atoms in total. The molecule has 0 aromatic heterocycles. The highest BCUT2D eigenvalue weighted by Crippen LogP contribution is 2.22. The molecule has 2 N–H and O–H groups in total. The first-order chi connectivity index (χ1) is 6.09. The third kappa shape index (κ3) is 1.19. The first-order valence-corrected chi connectivity index (χ1v) is 4.38. The van der Waals surface area contributed by atoms with E-state index in [1.807, 2.05) is 0 Å². The summed E-state index contributed by atoms with van der Waals surface area (Å²) in [4.78, 5) is 24.3. The minimum atomic E-state index is -0.551. The molecule has 0 saturated carbocycles. The second kappa shape index (κ2) is 2.70. The summed E-state index contributed by atoms with van der Waals surface area (Å²) in [5.41, 5.74) is 0. The van der Waals surface area contributed by atoms with Crippen LogP contribution in [0.5, 0.6) is 0 Å². The van der Waals surface area contributed by atoms with Crippen molar-refractivity contribution in [2.24, 2.45) is 0 Å². The predicted octanol–water partition coefficient (Wildman–Crippen LogP) is -1.53. The highest BCUT2D eigenvalue weighted by atomic mass is 16.3. The van der Waals surface area contributed by atoms with Gasteiger partial charge in [0.1, 0.15) is 12.1 Å². The van der Waals surface area contributed by atoms with Crippen molar-refractivity contribution in [3.05, 3.63) is 0 Å². The molecule has 2 amide bonds. The van der Waals surface area contributed by atoms with Gasteiger partial charge in [-0.3, -0.25) is 9.59 Å². The third-order valence-corrected chi connectivity index (χ3v) is 2.59. The number of aliphatic hydroxyl groups excluding tert-OH is 1. The van der Waals surface area contributed by atoms with Crippen LogP contribution in [-0.4, -0.2) is 46.6 Å². The van der Waals surface area contributed by atoms with Crippen molar-refractivity contribution >= 4 is 11.8 Å². The second-order valence-corrected chi connectivity index (χ2v) is 3.63. The highest BCUT2D eigenvalue weighted by Gasteiger charge is 2.44. The maximum Gasteiger partial charge on any atom is 0.245 e. The first kappa shape index (κ1) is 8.50. The van der Waals surface area contributed by atoms with Crippen LogP contribution < -0.4 is 5.32 Å². The number of hydrogen-bond acceptors (Lipinski definition) is 3. The zero-order valence-corrected chi connectivity index (χ0v) is 7.36. The highest BCUT2D eigenvalue weighted by molar-refractivity contribution is 5.97. The molecule has 2 saturated heterocycles. The number of piperazine rings is 1. The van der Waals surface area contributed by atoms with Gasteiger partial charge in [-0.2, -0.15) is 0 Å². The van der Waals surface area contributed by atoms with Crippen molar-refractivity contribution in [2.45, 2.75) is 31.5 Å². The summed E-state index contributed by atoms with van der Waals surface area (Å²) < 4.78 is 0. The third-order valence-electron chi connectivity index (χ3n) is 2.59. The van der Waals surface area contributed by atoms with Crippen molar-refractivity contribution in [3.8, 4) is 0 Å². The lowest BCUT2D eigenvalue weighted by Gasteiger charge is -2.32. The molecule has 5 heteroatoms. The number of aliphatic hydroxyl groups is 1. The first-order valence-electron chi connectivity index (χ1n) is 4.38. The van der Waals surface area contributed by atoms with Gasteiger partial charge in [-0.05, 0) is 6.92 Å². The normalized spacial score (nSPS) is 38.9. The molecule has 0 spiro atoms. The molecule has 1 unspecified atom stereocenters. The van der Waals surface area contributed by atoms with Gasteiger partial charge >= 0.3 is 0 Å². The molecule has 0 aliphatic carbocycles. The Hall–Kier alpha value is -1.10. The minimum absolute atomic E-state index is 0.0962. The molecule has 3 atom stereocenters. The minimum Gasteiger partial charge on any atom is -0.391 e. The van der Waals surface area contributed by atoms with Crippen LogP contribution in [0, 0.1) is 0 Å². The van der Waals surface area contributed by atoms with Crippen LogP contribution in [0.3, 0.4) is 0 Å². The summed E-state index contributed by atoms with van der Waals surface area (Å²) in [5, 5.41) is 11.9. The monoisotopic (exact) mass is 184 g/mol. The lowest BCUT2D eigenvalue weighted by molar-refractivity contribution is -0.146. The van der Waals surface area contributed by atoms with Crippen molar-refractivity contribution in [1.82, 2.24) is 10.2 Å². The predicted molar refractivity (Wildman–Crippen MR) is 43.7 cm³/mol. The average molecular weight is 184 g/mol. The van der Waals surface area contributed by atoms with Crippen LogP contribution in [0.2, 0.25) is 0 Å². The number of carbonyl (C=O) groups excluding carboxylic acids is 2. The van der Waals surface area contributed by atoms with E-state index in [4.69, 9.17) is 0 Å². The standard InChI is InChI=1S/C8H12N2O3/c1-4-8(13)10-3-5(11)2-6(10)7(12)9-4/h4-6,11H,2-3H2,1H3,(H,9,12)/t4-,5?,6-/m0/s1. The Bertz CT molecular complexity index is 266. The Labute approximate surface area is 75.7 Å². The molecule has 2 aliphatic rings. The van der Waals surface area contributed by atoms with E-state index in [-0.39, 0.29) is 11.8 Å². The van der Waals surface area contributed by atoms with Gasteiger partial charge in [-0.1, -0.05) is 0 Å². The molecule has 0 aromatic rings. The van der Waals surface area contributed by atoms with Gasteiger partial charge in [0.05, 0.1) is 6.10 Å². The summed E-state index contributed by atoms with van der Waals surface area (Å²) in [6.07, 6.45) is -0.186. The summed E-state index contributed by atoms with van der Waals surface area (Å²) in [6.45, 7) is 1.95. The van der Waals surface area contributed by atoms with Crippen LogP contribution in [0.4, 0.5) is 0 Å². The molecule has 0 radical (unpaired) electrons. The molecule has 2 rings (SSSR count). The van der Waals surface area contributed by atoms with E-state index in [9.17, 15) is 14.7 Å². The molecule has 2 aliphatic heterocycles. The van der Waals surface area contributed by atoms with Crippen molar-refractivity contribution in [1.29, 1.82) is 0 Å². The number of amides is 2. The van der Waals surface area contributed by atoms with Crippen LogP contribution in [0.1, 0.15) is 13.3 Å². The van der Waals surface area contributed by atoms with Gasteiger partial charge in [-0.15, -0.1) is 0 Å². The molecule has 2 fully saturated rings. The number of nitrogens with zero attached hydrogens (tertiary/aromatic N) is 1. The van der Waals surface area contributed by atoms with E-state index in [1.54, 1.807) is 6.92 Å². The largest absolute Gasteiger partial charge is 0.391 e. The zero-order valence-electron chi connectivity index (χ0n) is 7.36. The maximum absolute atomic E-state index is 11.5. The fourth-order valence-corrected chi connectivity index (χ4v) is 1.93. The van der Waals surface area contributed by atoms with E-state index in [0.29, 0.717) is 13.0 Å². The maximum atomic E-state index is 11.5. The van der Waals surface area contributed by atoms with E-state index in [1.165, 1.54) is 4.90 Å². The van der Waals surface area contributed by atoms with Gasteiger partial charge in [0, 0.05) is 13.0 Å². The molecular formula is C8H12N2O3. The fourth-order valence-electron chi connectivity index (χ4n) is 1.93. The molecule has 72 valence electrons. The summed E-state index contributed by atoms with van der Waals surface area (Å²) >= 11 is 0. The molecule has 2 heterocycles. The lowest BCUT2D eigenvalue weighted by atomic mass is 10.1. The van der Waals surface area contributed by atoms with Gasteiger partial charge in [0.15, 0.2) is 0 Å². The number of carbonyl (C=O) groups is 2. The second-order valence-electron chi connectivity index (χ2n) is 3.63. The van der Waals surface area contributed by atoms with Gasteiger partial charge in [0.25, 0.3) is 0 Å². The van der Waals surface area contributed by atoms with Crippen LogP contribution >= 0.6 is 0 Å². The van der Waals surface area contributed by atoms with Crippen molar-refractivity contribution in [3.63, 3.8) is 0 Å². The zero-order chi connectivity index (χ0) is 9.59. The Morgan fingerprint density at radius 1 is 1.54 bits per heavy atom. The van der Waals surface area contributed by atoms with E-state index < -0.39 is 18.2 Å². The quantitative estimate of drug-likeness (QED) is 0.479. The molecule has 0 aromatic carbocycles. The Morgan fingerprint density at radius 3 is 2.92 bits per heavy atom. The number of nitrogens with one attached hydrogen (secondary N) is 1. The van der Waals surface area contributed by atoms with Crippen molar-refractivity contribution in [2.75, 3.05) is 6.54 Å². The van der Waals surface area contributed by atoms with E-state index in [2.05, 4.69) is 5.32 Å². The summed E-state index contributed by atoms with van der Waals surface area (Å²) in [5.74, 6) is -0.246. The summed E-state index contributed by atoms with van der Waals surface area (Å²) in [6, 6.07) is -0.896. The number of rotatable bonds is 0. The Kier molecular flexibility index (Phi) is 1.76. The number of fused-ring (bicyclic) bond motifs is 1. The van der Waals surface area contributed by atoms with Crippen LogP contribution in [-0.2, 0) is 9.59 Å². The van der Waals surface area contributed by atoms with Crippen LogP contribution in [0.25, 0.3) is 0 Å². The van der Waals surface area contributed by atoms with E-state index >= 15 is 0 Å². The van der Waals surface area contributed by atoms with Gasteiger partial charge in [-0.25, -0.2) is 0 Å². The molecule has 0 bridgehead atoms. The van der Waals surface area contributed by atoms with Gasteiger partial charge < -0.3 is 15.3 Å². The lowest BCUT2D eigenvalue weighted by Crippen LogP contribution is -2.59. The molecular weight excluding hydrogens is 172 g/mol. The summed E-state index contributed by atoms with van der Waals surface area (Å²) in [7, 11) is 0. The van der Waals surface area contributed by atoms with E-state index in [0.717, 1.165) is 0 Å². The van der Waals surface area contributed by atoms with Crippen molar-refractivity contribution < 1.29 is 14.7 Å². The Morgan fingerprint density at radius 2 is 2.23 bits per heavy atom.